The minimum atomic E-state index is -3.99. The number of rotatable bonds is 4. The molecule has 0 aromatic heterocycles. The molecule has 2 N–H and O–H groups in total. The summed E-state index contributed by atoms with van der Waals surface area (Å²) in [6.45, 7) is 1.74. The van der Waals surface area contributed by atoms with Gasteiger partial charge in [-0.05, 0) is 31.9 Å². The van der Waals surface area contributed by atoms with Crippen LogP contribution < -0.4 is 5.73 Å². The fraction of sp³-hybridized carbons (Fsp3) is 0.429. The number of benzene rings is 1. The fourth-order valence-electron chi connectivity index (χ4n) is 2.65. The van der Waals surface area contributed by atoms with E-state index in [0.717, 1.165) is 10.5 Å². The number of carbonyl (C=O) groups excluding carboxylic acids is 2. The second-order valence-corrected chi connectivity index (χ2v) is 7.32. The van der Waals surface area contributed by atoms with E-state index in [1.54, 1.807) is 12.1 Å². The van der Waals surface area contributed by atoms with E-state index in [1.165, 1.54) is 12.1 Å². The maximum absolute atomic E-state index is 12.9. The van der Waals surface area contributed by atoms with Crippen LogP contribution in [0.3, 0.4) is 0 Å². The number of hydrogen-bond acceptors (Lipinski definition) is 5. The summed E-state index contributed by atoms with van der Waals surface area (Å²) in [7, 11) is -3.99. The summed E-state index contributed by atoms with van der Waals surface area (Å²) in [5, 5.41) is 0. The van der Waals surface area contributed by atoms with Gasteiger partial charge in [0.15, 0.2) is 6.29 Å². The van der Waals surface area contributed by atoms with E-state index in [9.17, 15) is 18.0 Å². The quantitative estimate of drug-likeness (QED) is 0.804. The summed E-state index contributed by atoms with van der Waals surface area (Å²) in [5.74, 6) is -0.532. The molecule has 1 heterocycles. The number of amides is 1. The van der Waals surface area contributed by atoms with Crippen LogP contribution in [0.2, 0.25) is 0 Å². The first-order chi connectivity index (χ1) is 9.89. The zero-order chi connectivity index (χ0) is 15.7. The summed E-state index contributed by atoms with van der Waals surface area (Å²) in [5.41, 5.74) is 6.24. The third kappa shape index (κ3) is 2.36. The summed E-state index contributed by atoms with van der Waals surface area (Å²) >= 11 is 0. The lowest BCUT2D eigenvalue weighted by Crippen LogP contribution is -2.55. The molecular weight excluding hydrogens is 292 g/mol. The van der Waals surface area contributed by atoms with Crippen LogP contribution in [0.15, 0.2) is 29.2 Å². The Hall–Kier alpha value is -1.73. The van der Waals surface area contributed by atoms with Gasteiger partial charge in [-0.2, -0.15) is 0 Å². The topological polar surface area (TPSA) is 97.5 Å². The van der Waals surface area contributed by atoms with Gasteiger partial charge >= 0.3 is 0 Å². The van der Waals surface area contributed by atoms with E-state index < -0.39 is 20.6 Å². The average molecular weight is 310 g/mol. The average Bonchev–Trinajstić information content (AvgIpc) is 2.92. The Balaban J connectivity index is 2.55. The van der Waals surface area contributed by atoms with Crippen LogP contribution in [0.25, 0.3) is 0 Å². The minimum absolute atomic E-state index is 0.0388. The molecule has 21 heavy (non-hydrogen) atoms. The third-order valence-electron chi connectivity index (χ3n) is 3.83. The Morgan fingerprint density at radius 3 is 2.52 bits per heavy atom. The molecule has 1 aliphatic rings. The Bertz CT molecular complexity index is 654. The summed E-state index contributed by atoms with van der Waals surface area (Å²) < 4.78 is 25.7. The number of sulfone groups is 1. The normalized spacial score (nSPS) is 22.3. The Morgan fingerprint density at radius 2 is 2.00 bits per heavy atom. The van der Waals surface area contributed by atoms with Crippen molar-refractivity contribution in [1.29, 1.82) is 0 Å². The highest BCUT2D eigenvalue weighted by Crippen LogP contribution is 2.37. The van der Waals surface area contributed by atoms with E-state index >= 15 is 0 Å². The zero-order valence-corrected chi connectivity index (χ0v) is 12.6. The van der Waals surface area contributed by atoms with Crippen molar-refractivity contribution < 1.29 is 18.0 Å². The van der Waals surface area contributed by atoms with Crippen LogP contribution in [0.5, 0.6) is 0 Å². The van der Waals surface area contributed by atoms with Crippen LogP contribution >= 0.6 is 0 Å². The second-order valence-electron chi connectivity index (χ2n) is 5.13. The molecule has 0 saturated carbocycles. The molecule has 1 amide bonds. The molecule has 0 spiro atoms. The summed E-state index contributed by atoms with van der Waals surface area (Å²) in [6, 6.07) is 6.24. The summed E-state index contributed by atoms with van der Waals surface area (Å²) in [6.07, 6.45) is 0.913. The maximum atomic E-state index is 12.9. The van der Waals surface area contributed by atoms with Crippen molar-refractivity contribution in [3.05, 3.63) is 29.8 Å². The molecule has 7 heteroatoms. The summed E-state index contributed by atoms with van der Waals surface area (Å²) in [4.78, 5) is 22.8. The molecule has 0 bridgehead atoms. The maximum Gasteiger partial charge on any atom is 0.237 e. The first kappa shape index (κ1) is 15.7. The predicted molar refractivity (Wildman–Crippen MR) is 77.2 cm³/mol. The van der Waals surface area contributed by atoms with Gasteiger partial charge in [0, 0.05) is 6.54 Å². The standard InChI is InChI=1S/C14H18N2O4S/c1-11-3-5-12(6-4-11)21(19,20)14(10-17)7-2-8-16(14)13(18)9-15/h3-6,10H,2,7-9,15H2,1H3/t14-/m1/s1. The fourth-order valence-corrected chi connectivity index (χ4v) is 4.57. The van der Waals surface area contributed by atoms with Crippen molar-refractivity contribution in [2.75, 3.05) is 13.1 Å². The number of carbonyl (C=O) groups is 2. The largest absolute Gasteiger partial charge is 0.322 e. The van der Waals surface area contributed by atoms with Crippen LogP contribution in [0.4, 0.5) is 0 Å². The van der Waals surface area contributed by atoms with Crippen molar-refractivity contribution in [1.82, 2.24) is 4.90 Å². The van der Waals surface area contributed by atoms with Gasteiger partial charge in [-0.15, -0.1) is 0 Å². The highest BCUT2D eigenvalue weighted by molar-refractivity contribution is 7.93. The van der Waals surface area contributed by atoms with Crippen molar-refractivity contribution in [2.24, 2.45) is 5.73 Å². The van der Waals surface area contributed by atoms with Crippen molar-refractivity contribution in [3.8, 4) is 0 Å². The smallest absolute Gasteiger partial charge is 0.237 e. The van der Waals surface area contributed by atoms with Gasteiger partial charge in [0.25, 0.3) is 0 Å². The van der Waals surface area contributed by atoms with Gasteiger partial charge in [-0.3, -0.25) is 9.59 Å². The van der Waals surface area contributed by atoms with Gasteiger partial charge in [0.2, 0.25) is 20.6 Å². The van der Waals surface area contributed by atoms with Crippen LogP contribution in [0.1, 0.15) is 18.4 Å². The molecule has 0 radical (unpaired) electrons. The van der Waals surface area contributed by atoms with E-state index in [0.29, 0.717) is 12.7 Å². The monoisotopic (exact) mass is 310 g/mol. The number of aryl methyl sites for hydroxylation is 1. The minimum Gasteiger partial charge on any atom is -0.322 e. The number of likely N-dealkylation sites (tertiary alicyclic amines) is 1. The second kappa shape index (κ2) is 5.57. The van der Waals surface area contributed by atoms with E-state index in [4.69, 9.17) is 5.73 Å². The third-order valence-corrected chi connectivity index (χ3v) is 6.17. The van der Waals surface area contributed by atoms with Gasteiger partial charge in [-0.1, -0.05) is 17.7 Å². The molecule has 0 unspecified atom stereocenters. The molecule has 0 aliphatic carbocycles. The van der Waals surface area contributed by atoms with Crippen LogP contribution in [0, 0.1) is 6.92 Å². The van der Waals surface area contributed by atoms with Gasteiger partial charge in [-0.25, -0.2) is 8.42 Å². The molecule has 1 atom stereocenters. The van der Waals surface area contributed by atoms with E-state index in [-0.39, 0.29) is 24.4 Å². The van der Waals surface area contributed by atoms with Gasteiger partial charge < -0.3 is 10.6 Å². The van der Waals surface area contributed by atoms with Crippen LogP contribution in [-0.2, 0) is 19.4 Å². The molecule has 114 valence electrons. The van der Waals surface area contributed by atoms with Crippen LogP contribution in [-0.4, -0.2) is 43.5 Å². The molecule has 1 aromatic rings. The Morgan fingerprint density at radius 1 is 1.38 bits per heavy atom. The Kier molecular flexibility index (Phi) is 4.15. The SMILES string of the molecule is Cc1ccc(S(=O)(=O)[C@@]2(C=O)CCCN2C(=O)CN)cc1. The molecule has 2 rings (SSSR count). The number of nitrogens with two attached hydrogens (primary N) is 1. The molecule has 1 aliphatic heterocycles. The molecule has 6 nitrogen and oxygen atoms in total. The first-order valence-corrected chi connectivity index (χ1v) is 8.15. The van der Waals surface area contributed by atoms with E-state index in [1.807, 2.05) is 6.92 Å². The molecule has 1 saturated heterocycles. The van der Waals surface area contributed by atoms with Gasteiger partial charge in [0.05, 0.1) is 11.4 Å². The lowest BCUT2D eigenvalue weighted by atomic mass is 10.2. The highest BCUT2D eigenvalue weighted by atomic mass is 32.2. The van der Waals surface area contributed by atoms with Crippen molar-refractivity contribution >= 4 is 22.0 Å². The predicted octanol–water partition coefficient (Wildman–Crippen LogP) is 0.245. The van der Waals surface area contributed by atoms with Crippen molar-refractivity contribution in [3.63, 3.8) is 0 Å². The molecule has 1 fully saturated rings. The lowest BCUT2D eigenvalue weighted by molar-refractivity contribution is -0.134. The zero-order valence-electron chi connectivity index (χ0n) is 11.8. The Labute approximate surface area is 123 Å². The molecule has 1 aromatic carbocycles. The number of nitrogens with zero attached hydrogens (tertiary/aromatic N) is 1. The van der Waals surface area contributed by atoms with Gasteiger partial charge in [0.1, 0.15) is 0 Å². The van der Waals surface area contributed by atoms with Crippen molar-refractivity contribution in [2.45, 2.75) is 29.5 Å². The lowest BCUT2D eigenvalue weighted by Gasteiger charge is -2.33. The highest BCUT2D eigenvalue weighted by Gasteiger charge is 2.54. The number of hydrogen-bond donors (Lipinski definition) is 1. The molecular formula is C14H18N2O4S. The van der Waals surface area contributed by atoms with E-state index in [2.05, 4.69) is 0 Å². The number of aldehydes is 1. The first-order valence-electron chi connectivity index (χ1n) is 6.67.